The molecule has 5 heteroatoms. The number of nitroso groups, excluding NO2 is 1. The molecular weight excluding hydrogens is 252 g/mol. The van der Waals surface area contributed by atoms with Crippen molar-refractivity contribution in [3.05, 3.63) is 65.9 Å². The molecule has 1 heterocycles. The first-order valence-electron chi connectivity index (χ1n) is 6.49. The fourth-order valence-corrected chi connectivity index (χ4v) is 1.27. The van der Waals surface area contributed by atoms with Gasteiger partial charge in [0.25, 0.3) is 5.69 Å². The van der Waals surface area contributed by atoms with E-state index >= 15 is 0 Å². The molecule has 0 unspecified atom stereocenters. The van der Waals surface area contributed by atoms with Crippen molar-refractivity contribution in [3.8, 4) is 0 Å². The summed E-state index contributed by atoms with van der Waals surface area (Å²) in [5.74, 6) is 5.16. The van der Waals surface area contributed by atoms with E-state index < -0.39 is 0 Å². The molecule has 0 aliphatic carbocycles. The van der Waals surface area contributed by atoms with Gasteiger partial charge in [-0.15, -0.1) is 6.58 Å². The van der Waals surface area contributed by atoms with Crippen LogP contribution in [0.15, 0.2) is 55.4 Å². The smallest absolute Gasteiger partial charge is 0.295 e. The molecule has 0 saturated heterocycles. The summed E-state index contributed by atoms with van der Waals surface area (Å²) in [6.07, 6.45) is 5.72. The second kappa shape index (κ2) is 10.5. The summed E-state index contributed by atoms with van der Waals surface area (Å²) in [5.41, 5.74) is 1.78. The molecule has 0 saturated carbocycles. The van der Waals surface area contributed by atoms with Gasteiger partial charge in [-0.05, 0) is 12.0 Å². The van der Waals surface area contributed by atoms with Gasteiger partial charge < -0.3 is 5.84 Å². The number of allylic oxidation sites excluding steroid dienone is 1. The second-order valence-corrected chi connectivity index (χ2v) is 3.65. The lowest BCUT2D eigenvalue weighted by Crippen LogP contribution is -2.07. The van der Waals surface area contributed by atoms with Crippen molar-refractivity contribution in [2.24, 2.45) is 0 Å². The van der Waals surface area contributed by atoms with Crippen LogP contribution in [0.4, 0.5) is 5.69 Å². The molecule has 1 aromatic heterocycles. The van der Waals surface area contributed by atoms with E-state index in [2.05, 4.69) is 23.8 Å². The number of benzene rings is 1. The zero-order chi connectivity index (χ0) is 15.4. The van der Waals surface area contributed by atoms with Crippen molar-refractivity contribution >= 4 is 5.69 Å². The van der Waals surface area contributed by atoms with Gasteiger partial charge in [-0.2, -0.15) is 9.89 Å². The van der Waals surface area contributed by atoms with Crippen LogP contribution in [0.3, 0.4) is 0 Å². The summed E-state index contributed by atoms with van der Waals surface area (Å²) < 4.78 is 0.691. The maximum Gasteiger partial charge on any atom is 0.295 e. The Balaban J connectivity index is 0.000000321. The minimum absolute atomic E-state index is 0.456. The molecule has 0 spiro atoms. The fourth-order valence-electron chi connectivity index (χ4n) is 1.27. The average Bonchev–Trinajstić information content (AvgIpc) is 2.90. The van der Waals surface area contributed by atoms with Crippen LogP contribution in [0.25, 0.3) is 0 Å². The zero-order valence-electron chi connectivity index (χ0n) is 12.4. The first kappa shape index (κ1) is 17.6. The average molecular weight is 275 g/mol. The number of hydrogen-bond acceptors (Lipinski definition) is 3. The van der Waals surface area contributed by atoms with Gasteiger partial charge in [0.1, 0.15) is 12.4 Å². The predicted molar refractivity (Wildman–Crippen MR) is 83.3 cm³/mol. The summed E-state index contributed by atoms with van der Waals surface area (Å²) in [6.45, 7) is 7.66. The normalized spacial score (nSPS) is 8.55. The topological polar surface area (TPSA) is 63.9 Å². The van der Waals surface area contributed by atoms with Crippen molar-refractivity contribution in [3.63, 3.8) is 0 Å². The van der Waals surface area contributed by atoms with Crippen molar-refractivity contribution in [1.82, 2.24) is 9.89 Å². The Hall–Kier alpha value is -2.43. The zero-order valence-corrected chi connectivity index (χ0v) is 12.4. The van der Waals surface area contributed by atoms with E-state index in [1.54, 1.807) is 0 Å². The lowest BCUT2D eigenvalue weighted by atomic mass is 10.2. The van der Waals surface area contributed by atoms with E-state index in [9.17, 15) is 4.91 Å². The number of nitrogens with two attached hydrogens (primary N) is 1. The lowest BCUT2D eigenvalue weighted by molar-refractivity contribution is -0.428. The predicted octanol–water partition coefficient (Wildman–Crippen LogP) is 3.08. The number of rotatable bonds is 3. The molecule has 2 aromatic rings. The third kappa shape index (κ3) is 7.10. The molecule has 5 nitrogen and oxygen atoms in total. The Morgan fingerprint density at radius 1 is 1.35 bits per heavy atom. The maximum atomic E-state index is 10.5. The summed E-state index contributed by atoms with van der Waals surface area (Å²) in [5, 5.41) is 3.59. The minimum Gasteiger partial charge on any atom is -0.323 e. The van der Waals surface area contributed by atoms with Crippen LogP contribution in [0.2, 0.25) is 0 Å². The van der Waals surface area contributed by atoms with Gasteiger partial charge in [-0.25, -0.2) is 0 Å². The Morgan fingerprint density at radius 3 is 2.30 bits per heavy atom. The van der Waals surface area contributed by atoms with Crippen molar-refractivity contribution < 1.29 is 4.76 Å². The molecule has 0 amide bonds. The number of hydrogen-bond donors (Lipinski definition) is 1. The minimum atomic E-state index is 0.456. The van der Waals surface area contributed by atoms with Crippen LogP contribution in [-0.4, -0.2) is 21.7 Å². The highest BCUT2D eigenvalue weighted by Gasteiger charge is 2.07. The number of aromatic nitrogens is 2. The Kier molecular flexibility index (Phi) is 9.21. The molecule has 0 fully saturated rings. The third-order valence-electron chi connectivity index (χ3n) is 2.17. The van der Waals surface area contributed by atoms with Crippen molar-refractivity contribution in [2.75, 3.05) is 12.9 Å². The van der Waals surface area contributed by atoms with Crippen LogP contribution in [0.1, 0.15) is 19.4 Å². The Labute approximate surface area is 120 Å². The molecule has 108 valence electrons. The molecule has 20 heavy (non-hydrogen) atoms. The first-order valence-corrected chi connectivity index (χ1v) is 6.49. The van der Waals surface area contributed by atoms with Gasteiger partial charge >= 0.3 is 0 Å². The van der Waals surface area contributed by atoms with Crippen LogP contribution in [0.5, 0.6) is 0 Å². The van der Waals surface area contributed by atoms with E-state index in [1.807, 2.05) is 38.1 Å². The maximum absolute atomic E-state index is 10.5. The van der Waals surface area contributed by atoms with Gasteiger partial charge in [0.05, 0.1) is 0 Å². The van der Waals surface area contributed by atoms with Gasteiger partial charge in [0, 0.05) is 9.67 Å². The number of nitrogen functional groups attached to an aromatic ring is 1. The van der Waals surface area contributed by atoms with E-state index in [1.165, 1.54) is 25.0 Å². The standard InChI is InChI=1S/C9H10.C4H7N4O.C2H6/c1-2-6-9-7-4-3-5-8-9;1-7(9)4-2-6-8(5)3-4;1-2/h2-5,7-8H,1,6H2;2-3H,5H2,1H3;1-2H3/q;+1;. The molecule has 1 aromatic carbocycles. The van der Waals surface area contributed by atoms with E-state index in [4.69, 9.17) is 5.84 Å². The highest BCUT2D eigenvalue weighted by Crippen LogP contribution is 2.03. The molecule has 2 N–H and O–H groups in total. The largest absolute Gasteiger partial charge is 0.323 e. The Morgan fingerprint density at radius 2 is 1.95 bits per heavy atom. The summed E-state index contributed by atoms with van der Waals surface area (Å²) in [6, 6.07) is 10.3. The van der Waals surface area contributed by atoms with Crippen LogP contribution in [0, 0.1) is 4.91 Å². The fraction of sp³-hybridized carbons (Fsp3) is 0.267. The van der Waals surface area contributed by atoms with Crippen molar-refractivity contribution in [1.29, 1.82) is 0 Å². The quantitative estimate of drug-likeness (QED) is 0.532. The Bertz CT molecular complexity index is 506. The summed E-state index contributed by atoms with van der Waals surface area (Å²) >= 11 is 0. The van der Waals surface area contributed by atoms with E-state index in [-0.39, 0.29) is 0 Å². The van der Waals surface area contributed by atoms with Crippen LogP contribution in [-0.2, 0) is 6.42 Å². The highest BCUT2D eigenvalue weighted by atomic mass is 16.3. The van der Waals surface area contributed by atoms with Crippen molar-refractivity contribution in [2.45, 2.75) is 20.3 Å². The third-order valence-corrected chi connectivity index (χ3v) is 2.17. The monoisotopic (exact) mass is 275 g/mol. The van der Waals surface area contributed by atoms with Gasteiger partial charge in [-0.1, -0.05) is 50.3 Å². The molecule has 0 atom stereocenters. The van der Waals surface area contributed by atoms with Gasteiger partial charge in [0.15, 0.2) is 7.05 Å². The molecule has 0 radical (unpaired) electrons. The van der Waals surface area contributed by atoms with Gasteiger partial charge in [0.2, 0.25) is 0 Å². The summed E-state index contributed by atoms with van der Waals surface area (Å²) in [4.78, 5) is 11.6. The van der Waals surface area contributed by atoms with Crippen LogP contribution < -0.4 is 5.84 Å². The van der Waals surface area contributed by atoms with Crippen LogP contribution >= 0.6 is 0 Å². The second-order valence-electron chi connectivity index (χ2n) is 3.65. The SMILES string of the molecule is C=CCc1ccccc1.CC.C[N+](=O)c1cnn(N)c1. The molecule has 0 aliphatic rings. The molecule has 0 bridgehead atoms. The van der Waals surface area contributed by atoms with E-state index in [0.717, 1.165) is 11.2 Å². The number of nitrogens with zero attached hydrogens (tertiary/aromatic N) is 3. The summed E-state index contributed by atoms with van der Waals surface area (Å²) in [7, 11) is 1.39. The van der Waals surface area contributed by atoms with E-state index in [0.29, 0.717) is 10.4 Å². The lowest BCUT2D eigenvalue weighted by Gasteiger charge is -1.91. The molecule has 2 rings (SSSR count). The highest BCUT2D eigenvalue weighted by molar-refractivity contribution is 5.20. The van der Waals surface area contributed by atoms with Gasteiger partial charge in [-0.3, -0.25) is 0 Å². The molecule has 0 aliphatic heterocycles. The molecular formula is C15H23N4O+. The first-order chi connectivity index (χ1) is 9.63.